The molecule has 37 heavy (non-hydrogen) atoms. The maximum Gasteiger partial charge on any atom is 0.490 e. The minimum atomic E-state index is -2.14. The Morgan fingerprint density at radius 1 is 0.865 bits per heavy atom. The fourth-order valence-electron chi connectivity index (χ4n) is 4.77. The van der Waals surface area contributed by atoms with E-state index < -0.39 is 39.3 Å². The molecule has 0 amide bonds. The van der Waals surface area contributed by atoms with Crippen LogP contribution in [0.5, 0.6) is 0 Å². The van der Waals surface area contributed by atoms with Crippen LogP contribution in [0.3, 0.4) is 0 Å². The number of esters is 2. The SMILES string of the molecule is C=C(B1O[C@H](C(=O)OC(C)C)[C@@H](C(=O)OC(C)C)O1)C(CCc1ccccc1)[Si](C)(C)c1ccccc1. The normalized spacial score (nSPS) is 18.6. The maximum atomic E-state index is 12.9. The van der Waals surface area contributed by atoms with E-state index in [1.807, 2.05) is 24.3 Å². The zero-order valence-corrected chi connectivity index (χ0v) is 23.8. The summed E-state index contributed by atoms with van der Waals surface area (Å²) in [5.41, 5.74) is 2.03. The minimum Gasteiger partial charge on any atom is -0.461 e. The summed E-state index contributed by atoms with van der Waals surface area (Å²) in [4.78, 5) is 25.7. The first-order valence-corrected chi connectivity index (χ1v) is 16.1. The number of hydrogen-bond acceptors (Lipinski definition) is 6. The van der Waals surface area contributed by atoms with Crippen molar-refractivity contribution in [3.8, 4) is 0 Å². The van der Waals surface area contributed by atoms with Crippen LogP contribution in [-0.2, 0) is 34.8 Å². The Morgan fingerprint density at radius 2 is 1.32 bits per heavy atom. The van der Waals surface area contributed by atoms with E-state index in [-0.39, 0.29) is 17.7 Å². The van der Waals surface area contributed by atoms with Crippen molar-refractivity contribution in [2.24, 2.45) is 0 Å². The predicted molar refractivity (Wildman–Crippen MR) is 149 cm³/mol. The fraction of sp³-hybridized carbons (Fsp3) is 0.448. The van der Waals surface area contributed by atoms with Gasteiger partial charge in [-0.15, -0.1) is 6.58 Å². The van der Waals surface area contributed by atoms with Crippen molar-refractivity contribution in [3.63, 3.8) is 0 Å². The average molecular weight is 523 g/mol. The Kier molecular flexibility index (Phi) is 9.93. The number of rotatable bonds is 11. The van der Waals surface area contributed by atoms with Gasteiger partial charge in [-0.3, -0.25) is 0 Å². The second kappa shape index (κ2) is 12.7. The molecule has 1 aliphatic rings. The first-order chi connectivity index (χ1) is 17.5. The molecule has 6 nitrogen and oxygen atoms in total. The molecule has 1 saturated heterocycles. The molecular formula is C29H39BO6Si. The summed E-state index contributed by atoms with van der Waals surface area (Å²) in [5.74, 6) is -1.28. The quantitative estimate of drug-likeness (QED) is 0.310. The van der Waals surface area contributed by atoms with Gasteiger partial charge in [0.05, 0.1) is 20.3 Å². The van der Waals surface area contributed by atoms with Crippen LogP contribution in [0.15, 0.2) is 72.7 Å². The molecule has 3 atom stereocenters. The highest BCUT2D eigenvalue weighted by molar-refractivity contribution is 6.92. The van der Waals surface area contributed by atoms with Crippen LogP contribution in [-0.4, -0.2) is 51.5 Å². The molecule has 8 heteroatoms. The molecule has 1 aliphatic heterocycles. The van der Waals surface area contributed by atoms with E-state index in [0.29, 0.717) is 0 Å². The molecular weight excluding hydrogens is 483 g/mol. The first-order valence-electron chi connectivity index (χ1n) is 13.0. The molecule has 1 unspecified atom stereocenters. The highest BCUT2D eigenvalue weighted by atomic mass is 28.3. The Labute approximate surface area is 222 Å². The summed E-state index contributed by atoms with van der Waals surface area (Å²) in [6, 6.07) is 20.8. The van der Waals surface area contributed by atoms with Gasteiger partial charge >= 0.3 is 19.1 Å². The molecule has 198 valence electrons. The maximum absolute atomic E-state index is 12.9. The molecule has 0 saturated carbocycles. The van der Waals surface area contributed by atoms with Crippen molar-refractivity contribution in [1.82, 2.24) is 0 Å². The van der Waals surface area contributed by atoms with E-state index in [4.69, 9.17) is 18.8 Å². The third kappa shape index (κ3) is 7.43. The standard InChI is InChI=1S/C29H39BO6Si/c1-20(2)33-28(31)26-27(29(32)34-21(3)4)36-30(35-26)22(5)25(19-18-23-14-10-8-11-15-23)37(6,7)24-16-12-9-13-17-24/h8-17,20-21,25-27H,5,18-19H2,1-4,6-7H3/t25?,26-,27-/m0/s1. The zero-order valence-electron chi connectivity index (χ0n) is 22.8. The van der Waals surface area contributed by atoms with Crippen LogP contribution >= 0.6 is 0 Å². The lowest BCUT2D eigenvalue weighted by Gasteiger charge is -2.35. The number of benzene rings is 2. The lowest BCUT2D eigenvalue weighted by atomic mass is 9.76. The molecule has 0 spiro atoms. The monoisotopic (exact) mass is 522 g/mol. The third-order valence-electron chi connectivity index (χ3n) is 6.69. The molecule has 0 radical (unpaired) electrons. The minimum absolute atomic E-state index is 0.0572. The molecule has 1 fully saturated rings. The largest absolute Gasteiger partial charge is 0.490 e. The summed E-state index contributed by atoms with van der Waals surface area (Å²) in [7, 11) is -3.06. The van der Waals surface area contributed by atoms with Crippen LogP contribution in [0.1, 0.15) is 39.7 Å². The Bertz CT molecular complexity index is 1030. The predicted octanol–water partition coefficient (Wildman–Crippen LogP) is 4.88. The van der Waals surface area contributed by atoms with Gasteiger partial charge in [-0.2, -0.15) is 0 Å². The van der Waals surface area contributed by atoms with Gasteiger partial charge in [-0.05, 0) is 57.1 Å². The number of ether oxygens (including phenoxy) is 2. The molecule has 1 heterocycles. The van der Waals surface area contributed by atoms with Crippen molar-refractivity contribution in [3.05, 3.63) is 78.3 Å². The lowest BCUT2D eigenvalue weighted by Crippen LogP contribution is -2.48. The van der Waals surface area contributed by atoms with Gasteiger partial charge in [-0.25, -0.2) is 9.59 Å². The van der Waals surface area contributed by atoms with E-state index in [2.05, 4.69) is 56.1 Å². The first kappa shape index (κ1) is 28.9. The van der Waals surface area contributed by atoms with E-state index in [0.717, 1.165) is 18.3 Å². The second-order valence-electron chi connectivity index (χ2n) is 10.7. The molecule has 2 aromatic carbocycles. The van der Waals surface area contributed by atoms with Crippen LogP contribution in [0.2, 0.25) is 18.6 Å². The molecule has 2 aromatic rings. The van der Waals surface area contributed by atoms with Gasteiger partial charge in [0.25, 0.3) is 0 Å². The number of aryl methyl sites for hydroxylation is 1. The molecule has 3 rings (SSSR count). The van der Waals surface area contributed by atoms with Crippen molar-refractivity contribution in [2.75, 3.05) is 0 Å². The highest BCUT2D eigenvalue weighted by Gasteiger charge is 2.53. The van der Waals surface area contributed by atoms with E-state index in [1.54, 1.807) is 27.7 Å². The van der Waals surface area contributed by atoms with E-state index in [9.17, 15) is 9.59 Å². The van der Waals surface area contributed by atoms with Crippen LogP contribution < -0.4 is 5.19 Å². The van der Waals surface area contributed by atoms with Gasteiger partial charge in [0.15, 0.2) is 12.2 Å². The van der Waals surface area contributed by atoms with Crippen LogP contribution in [0, 0.1) is 0 Å². The molecule has 0 aromatic heterocycles. The topological polar surface area (TPSA) is 71.1 Å². The number of carbonyl (C=O) groups is 2. The van der Waals surface area contributed by atoms with Crippen LogP contribution in [0.4, 0.5) is 0 Å². The third-order valence-corrected chi connectivity index (χ3v) is 10.9. The summed E-state index contributed by atoms with van der Waals surface area (Å²) < 4.78 is 22.9. The Hall–Kier alpha value is -2.68. The van der Waals surface area contributed by atoms with E-state index in [1.165, 1.54) is 10.8 Å². The summed E-state index contributed by atoms with van der Waals surface area (Å²) in [6.45, 7) is 16.1. The van der Waals surface area contributed by atoms with Crippen molar-refractivity contribution in [2.45, 2.75) is 83.6 Å². The molecule has 0 N–H and O–H groups in total. The number of hydrogen-bond donors (Lipinski definition) is 0. The zero-order chi connectivity index (χ0) is 27.2. The van der Waals surface area contributed by atoms with Crippen molar-refractivity contribution < 1.29 is 28.4 Å². The summed E-state index contributed by atoms with van der Waals surface area (Å²) in [6.07, 6.45) is -1.45. The lowest BCUT2D eigenvalue weighted by molar-refractivity contribution is -0.167. The second-order valence-corrected chi connectivity index (χ2v) is 15.4. The molecule has 0 bridgehead atoms. The van der Waals surface area contributed by atoms with Gasteiger partial charge in [0.2, 0.25) is 0 Å². The number of carbonyl (C=O) groups excluding carboxylic acids is 2. The fourth-order valence-corrected chi connectivity index (χ4v) is 8.15. The van der Waals surface area contributed by atoms with Gasteiger partial charge in [0.1, 0.15) is 0 Å². The molecule has 0 aliphatic carbocycles. The van der Waals surface area contributed by atoms with Crippen LogP contribution in [0.25, 0.3) is 0 Å². The van der Waals surface area contributed by atoms with Crippen molar-refractivity contribution >= 4 is 32.3 Å². The van der Waals surface area contributed by atoms with Gasteiger partial charge in [-0.1, -0.05) is 78.9 Å². The Balaban J connectivity index is 1.90. The summed E-state index contributed by atoms with van der Waals surface area (Å²) in [5, 5.41) is 1.29. The highest BCUT2D eigenvalue weighted by Crippen LogP contribution is 2.38. The van der Waals surface area contributed by atoms with E-state index >= 15 is 0 Å². The van der Waals surface area contributed by atoms with Crippen molar-refractivity contribution in [1.29, 1.82) is 0 Å². The smallest absolute Gasteiger partial charge is 0.461 e. The average Bonchev–Trinajstić information content (AvgIpc) is 3.30. The van der Waals surface area contributed by atoms with Gasteiger partial charge < -0.3 is 18.8 Å². The van der Waals surface area contributed by atoms with Gasteiger partial charge in [0, 0.05) is 0 Å². The summed E-state index contributed by atoms with van der Waals surface area (Å²) >= 11 is 0. The Morgan fingerprint density at radius 3 is 1.78 bits per heavy atom. The number of allylic oxidation sites excluding steroid dienone is 1.